The number of rotatable bonds is 5. The van der Waals surface area contributed by atoms with Crippen LogP contribution in [0.4, 0.5) is 5.69 Å². The first-order valence-corrected chi connectivity index (χ1v) is 7.71. The third kappa shape index (κ3) is 2.74. The van der Waals surface area contributed by atoms with Gasteiger partial charge in [0.15, 0.2) is 17.2 Å². The van der Waals surface area contributed by atoms with E-state index in [-0.39, 0.29) is 5.69 Å². The van der Waals surface area contributed by atoms with Crippen molar-refractivity contribution in [2.24, 2.45) is 0 Å². The molecule has 106 valence electrons. The van der Waals surface area contributed by atoms with Gasteiger partial charge in [-0.2, -0.15) is 0 Å². The first kappa shape index (κ1) is 12.9. The summed E-state index contributed by atoms with van der Waals surface area (Å²) in [5.74, 6) is -1.34. The highest BCUT2D eigenvalue weighted by molar-refractivity contribution is 7.93. The molecule has 0 amide bonds. The zero-order valence-electron chi connectivity index (χ0n) is 10.4. The van der Waals surface area contributed by atoms with Crippen molar-refractivity contribution in [3.8, 4) is 0 Å². The zero-order chi connectivity index (χ0) is 14.3. The summed E-state index contributed by atoms with van der Waals surface area (Å²) in [7, 11) is -3.91. The Hall–Kier alpha value is -2.09. The number of aliphatic carboxylic acids is 1. The van der Waals surface area contributed by atoms with Crippen molar-refractivity contribution in [2.45, 2.75) is 18.8 Å². The number of nitrogens with zero attached hydrogens (tertiary/aromatic N) is 1. The Bertz CT molecular complexity index is 776. The van der Waals surface area contributed by atoms with E-state index < -0.39 is 21.7 Å². The van der Waals surface area contributed by atoms with Crippen molar-refractivity contribution < 1.29 is 22.7 Å². The smallest absolute Gasteiger partial charge is 0.320 e. The minimum atomic E-state index is -3.91. The third-order valence-electron chi connectivity index (χ3n) is 2.92. The molecule has 2 aromatic rings. The highest BCUT2D eigenvalue weighted by Gasteiger charge is 2.29. The van der Waals surface area contributed by atoms with Gasteiger partial charge >= 0.3 is 5.97 Å². The molecule has 1 aliphatic carbocycles. The average molecular weight is 296 g/mol. The topological polar surface area (TPSA) is 110 Å². The second-order valence-corrected chi connectivity index (χ2v) is 6.49. The van der Waals surface area contributed by atoms with E-state index in [9.17, 15) is 13.2 Å². The Morgan fingerprint density at radius 3 is 2.85 bits per heavy atom. The highest BCUT2D eigenvalue weighted by Crippen LogP contribution is 2.40. The Kier molecular flexibility index (Phi) is 2.89. The normalized spacial score (nSPS) is 15.4. The van der Waals surface area contributed by atoms with Crippen LogP contribution in [-0.2, 0) is 14.8 Å². The van der Waals surface area contributed by atoms with Gasteiger partial charge < -0.3 is 9.52 Å². The van der Waals surface area contributed by atoms with E-state index in [0.29, 0.717) is 22.9 Å². The van der Waals surface area contributed by atoms with Gasteiger partial charge in [0.1, 0.15) is 5.52 Å². The molecule has 7 nitrogen and oxygen atoms in total. The number of oxazole rings is 1. The van der Waals surface area contributed by atoms with E-state index in [1.54, 1.807) is 6.07 Å². The number of nitrogens with one attached hydrogen (secondary N) is 1. The fourth-order valence-corrected chi connectivity index (χ4v) is 2.78. The standard InChI is InChI=1S/C12H12N2O5S/c15-11(16)6-20(17,18)14-8-3-4-10-9(5-8)13-12(19-10)7-1-2-7/h3-5,7,14H,1-2,6H2,(H,15,16). The highest BCUT2D eigenvalue weighted by atomic mass is 32.2. The maximum Gasteiger partial charge on any atom is 0.320 e. The monoisotopic (exact) mass is 296 g/mol. The number of aromatic nitrogens is 1. The number of anilines is 1. The lowest BCUT2D eigenvalue weighted by Crippen LogP contribution is -2.22. The van der Waals surface area contributed by atoms with Crippen molar-refractivity contribution in [1.82, 2.24) is 4.98 Å². The van der Waals surface area contributed by atoms with E-state index in [0.717, 1.165) is 12.8 Å². The quantitative estimate of drug-likeness (QED) is 0.866. The number of carbonyl (C=O) groups is 1. The molecule has 3 rings (SSSR count). The molecule has 1 fully saturated rings. The molecule has 20 heavy (non-hydrogen) atoms. The van der Waals surface area contributed by atoms with Gasteiger partial charge in [-0.1, -0.05) is 0 Å². The molecule has 0 aliphatic heterocycles. The van der Waals surface area contributed by atoms with E-state index in [2.05, 4.69) is 9.71 Å². The van der Waals surface area contributed by atoms with Crippen molar-refractivity contribution in [3.63, 3.8) is 0 Å². The fraction of sp³-hybridized carbons (Fsp3) is 0.333. The summed E-state index contributed by atoms with van der Waals surface area (Å²) in [6.45, 7) is 0. The summed E-state index contributed by atoms with van der Waals surface area (Å²) >= 11 is 0. The molecule has 1 heterocycles. The molecule has 1 aromatic carbocycles. The summed E-state index contributed by atoms with van der Waals surface area (Å²) < 4.78 is 30.8. The van der Waals surface area contributed by atoms with Crippen LogP contribution in [0.25, 0.3) is 11.1 Å². The van der Waals surface area contributed by atoms with Crippen LogP contribution in [0.3, 0.4) is 0 Å². The number of fused-ring (bicyclic) bond motifs is 1. The molecule has 8 heteroatoms. The Labute approximate surface area is 114 Å². The second kappa shape index (κ2) is 4.48. The zero-order valence-corrected chi connectivity index (χ0v) is 11.2. The van der Waals surface area contributed by atoms with Crippen LogP contribution in [0.15, 0.2) is 22.6 Å². The first-order chi connectivity index (χ1) is 9.43. The molecule has 0 unspecified atom stereocenters. The maximum atomic E-state index is 11.5. The second-order valence-electron chi connectivity index (χ2n) is 4.76. The molecular formula is C12H12N2O5S. The van der Waals surface area contributed by atoms with Gasteiger partial charge in [-0.05, 0) is 31.0 Å². The molecule has 1 aliphatic rings. The summed E-state index contributed by atoms with van der Waals surface area (Å²) in [5.41, 5.74) is 1.42. The number of carboxylic acids is 1. The van der Waals surface area contributed by atoms with Crippen molar-refractivity contribution in [1.29, 1.82) is 0 Å². The van der Waals surface area contributed by atoms with Crippen LogP contribution in [0.1, 0.15) is 24.7 Å². The Morgan fingerprint density at radius 2 is 2.20 bits per heavy atom. The molecule has 0 saturated heterocycles. The molecule has 0 spiro atoms. The number of hydrogen-bond donors (Lipinski definition) is 2. The van der Waals surface area contributed by atoms with Gasteiger partial charge in [0.25, 0.3) is 0 Å². The third-order valence-corrected chi connectivity index (χ3v) is 4.09. The molecule has 0 bridgehead atoms. The van der Waals surface area contributed by atoms with Gasteiger partial charge in [0, 0.05) is 5.92 Å². The Morgan fingerprint density at radius 1 is 1.45 bits per heavy atom. The lowest BCUT2D eigenvalue weighted by atomic mass is 10.3. The summed E-state index contributed by atoms with van der Waals surface area (Å²) in [5, 5.41) is 8.52. The van der Waals surface area contributed by atoms with Gasteiger partial charge in [0.2, 0.25) is 10.0 Å². The number of sulfonamides is 1. The van der Waals surface area contributed by atoms with Crippen LogP contribution in [0, 0.1) is 0 Å². The summed E-state index contributed by atoms with van der Waals surface area (Å²) in [6, 6.07) is 4.67. The first-order valence-electron chi connectivity index (χ1n) is 6.06. The molecule has 1 saturated carbocycles. The molecule has 0 radical (unpaired) electrons. The predicted molar refractivity (Wildman–Crippen MR) is 71.0 cm³/mol. The predicted octanol–water partition coefficient (Wildman–Crippen LogP) is 1.53. The van der Waals surface area contributed by atoms with Gasteiger partial charge in [-0.25, -0.2) is 13.4 Å². The molecule has 2 N–H and O–H groups in total. The van der Waals surface area contributed by atoms with Crippen LogP contribution < -0.4 is 4.72 Å². The largest absolute Gasteiger partial charge is 0.480 e. The van der Waals surface area contributed by atoms with Crippen LogP contribution >= 0.6 is 0 Å². The summed E-state index contributed by atoms with van der Waals surface area (Å²) in [4.78, 5) is 14.8. The van der Waals surface area contributed by atoms with Crippen molar-refractivity contribution >= 4 is 32.8 Å². The number of hydrogen-bond acceptors (Lipinski definition) is 5. The SMILES string of the molecule is O=C(O)CS(=O)(=O)Nc1ccc2oc(C3CC3)nc2c1. The number of carboxylic acid groups (broad SMARTS) is 1. The van der Waals surface area contributed by atoms with Crippen LogP contribution in [-0.4, -0.2) is 30.2 Å². The minimum absolute atomic E-state index is 0.273. The lowest BCUT2D eigenvalue weighted by Gasteiger charge is -2.05. The number of benzene rings is 1. The average Bonchev–Trinajstić information content (AvgIpc) is 3.07. The maximum absolute atomic E-state index is 11.5. The van der Waals surface area contributed by atoms with Crippen LogP contribution in [0.2, 0.25) is 0 Å². The van der Waals surface area contributed by atoms with E-state index >= 15 is 0 Å². The molecule has 0 atom stereocenters. The van der Waals surface area contributed by atoms with Crippen molar-refractivity contribution in [3.05, 3.63) is 24.1 Å². The van der Waals surface area contributed by atoms with Gasteiger partial charge in [-0.15, -0.1) is 0 Å². The Balaban J connectivity index is 1.86. The molecular weight excluding hydrogens is 284 g/mol. The lowest BCUT2D eigenvalue weighted by molar-refractivity contribution is -0.134. The van der Waals surface area contributed by atoms with Crippen molar-refractivity contribution in [2.75, 3.05) is 10.5 Å². The van der Waals surface area contributed by atoms with Gasteiger partial charge in [0.05, 0.1) is 5.69 Å². The van der Waals surface area contributed by atoms with E-state index in [1.165, 1.54) is 12.1 Å². The summed E-state index contributed by atoms with van der Waals surface area (Å²) in [6.07, 6.45) is 2.12. The fourth-order valence-electron chi connectivity index (χ4n) is 1.89. The van der Waals surface area contributed by atoms with E-state index in [4.69, 9.17) is 9.52 Å². The molecule has 1 aromatic heterocycles. The van der Waals surface area contributed by atoms with Gasteiger partial charge in [-0.3, -0.25) is 9.52 Å². The van der Waals surface area contributed by atoms with E-state index in [1.807, 2.05) is 0 Å². The minimum Gasteiger partial charge on any atom is -0.480 e. The van der Waals surface area contributed by atoms with Crippen LogP contribution in [0.5, 0.6) is 0 Å².